The Morgan fingerprint density at radius 2 is 1.74 bits per heavy atom. The molecule has 130 valence electrons. The Hall–Kier alpha value is -1.13. The molecule has 1 rings (SSSR count). The number of amides is 1. The molecule has 0 aliphatic rings. The number of carbonyl (C=O) groups excluding carboxylic acids is 1. The van der Waals surface area contributed by atoms with E-state index in [1.165, 1.54) is 0 Å². The van der Waals surface area contributed by atoms with E-state index in [9.17, 15) is 4.79 Å². The van der Waals surface area contributed by atoms with Crippen molar-refractivity contribution in [3.05, 3.63) is 35.9 Å². The molecule has 23 heavy (non-hydrogen) atoms. The second-order valence-corrected chi connectivity index (χ2v) is 12.5. The van der Waals surface area contributed by atoms with Crippen LogP contribution in [-0.4, -0.2) is 20.8 Å². The van der Waals surface area contributed by atoms with Gasteiger partial charge in [-0.3, -0.25) is 4.79 Å². The van der Waals surface area contributed by atoms with Gasteiger partial charge in [0.2, 0.25) is 5.91 Å². The lowest BCUT2D eigenvalue weighted by Gasteiger charge is -2.36. The largest absolute Gasteiger partial charge is 0.417 e. The Labute approximate surface area is 143 Å². The first kappa shape index (κ1) is 19.9. The van der Waals surface area contributed by atoms with Crippen LogP contribution in [0.3, 0.4) is 0 Å². The van der Waals surface area contributed by atoms with Crippen LogP contribution in [0.4, 0.5) is 0 Å². The van der Waals surface area contributed by atoms with E-state index in [1.807, 2.05) is 30.3 Å². The summed E-state index contributed by atoms with van der Waals surface area (Å²) in [5.41, 5.74) is 1.14. The van der Waals surface area contributed by atoms with Crippen LogP contribution in [0.25, 0.3) is 0 Å². The monoisotopic (exact) mass is 335 g/mol. The Bertz CT molecular complexity index is 466. The first-order valence-electron chi connectivity index (χ1n) is 8.67. The highest BCUT2D eigenvalue weighted by molar-refractivity contribution is 6.74. The van der Waals surface area contributed by atoms with Crippen LogP contribution in [0.5, 0.6) is 0 Å². The number of carbonyl (C=O) groups is 1. The van der Waals surface area contributed by atoms with Gasteiger partial charge in [-0.25, -0.2) is 0 Å². The minimum Gasteiger partial charge on any atom is -0.417 e. The zero-order valence-electron chi connectivity index (χ0n) is 15.4. The molecule has 1 amide bonds. The number of hydrogen-bond donors (Lipinski definition) is 1. The fourth-order valence-corrected chi connectivity index (χ4v) is 3.08. The van der Waals surface area contributed by atoms with Gasteiger partial charge in [0, 0.05) is 19.6 Å². The molecule has 3 nitrogen and oxygen atoms in total. The third-order valence-corrected chi connectivity index (χ3v) is 9.19. The molecule has 4 heteroatoms. The van der Waals surface area contributed by atoms with Crippen LogP contribution in [0, 0.1) is 0 Å². The maximum atomic E-state index is 11.8. The molecule has 0 heterocycles. The topological polar surface area (TPSA) is 38.3 Å². The fourth-order valence-electron chi connectivity index (χ4n) is 1.99. The highest BCUT2D eigenvalue weighted by atomic mass is 28.4. The molecule has 0 bridgehead atoms. The van der Waals surface area contributed by atoms with Gasteiger partial charge in [0.15, 0.2) is 8.32 Å². The van der Waals surface area contributed by atoms with Crippen LogP contribution in [0.15, 0.2) is 30.3 Å². The summed E-state index contributed by atoms with van der Waals surface area (Å²) in [7, 11) is -1.62. The van der Waals surface area contributed by atoms with E-state index >= 15 is 0 Å². The molecule has 1 N–H and O–H groups in total. The molecule has 0 radical (unpaired) electrons. The molecule has 1 aromatic rings. The highest BCUT2D eigenvalue weighted by Crippen LogP contribution is 2.36. The summed E-state index contributed by atoms with van der Waals surface area (Å²) < 4.78 is 6.14. The molecule has 0 unspecified atom stereocenters. The van der Waals surface area contributed by atoms with Crippen molar-refractivity contribution in [2.75, 3.05) is 6.61 Å². The lowest BCUT2D eigenvalue weighted by molar-refractivity contribution is -0.121. The number of benzene rings is 1. The van der Waals surface area contributed by atoms with E-state index in [0.29, 0.717) is 13.0 Å². The number of rotatable bonds is 9. The molecule has 0 aliphatic carbocycles. The predicted octanol–water partition coefficient (Wildman–Crippen LogP) is 4.89. The third-order valence-electron chi connectivity index (χ3n) is 4.65. The first-order chi connectivity index (χ1) is 10.7. The molecule has 0 atom stereocenters. The smallest absolute Gasteiger partial charge is 0.220 e. The maximum absolute atomic E-state index is 11.8. The van der Waals surface area contributed by atoms with Crippen LogP contribution in [0.2, 0.25) is 18.1 Å². The highest BCUT2D eigenvalue weighted by Gasteiger charge is 2.36. The number of unbranched alkanes of at least 4 members (excludes halogenated alkanes) is 2. The second kappa shape index (κ2) is 9.23. The Balaban J connectivity index is 2.08. The van der Waals surface area contributed by atoms with Gasteiger partial charge in [0.1, 0.15) is 0 Å². The zero-order valence-corrected chi connectivity index (χ0v) is 16.4. The lowest BCUT2D eigenvalue weighted by atomic mass is 10.2. The van der Waals surface area contributed by atoms with Gasteiger partial charge in [0.25, 0.3) is 0 Å². The minimum absolute atomic E-state index is 0.138. The Morgan fingerprint density at radius 3 is 2.35 bits per heavy atom. The average Bonchev–Trinajstić information content (AvgIpc) is 2.48. The van der Waals surface area contributed by atoms with Crippen LogP contribution < -0.4 is 5.32 Å². The van der Waals surface area contributed by atoms with E-state index in [-0.39, 0.29) is 10.9 Å². The molecule has 0 saturated carbocycles. The van der Waals surface area contributed by atoms with Crippen molar-refractivity contribution in [2.45, 2.75) is 71.1 Å². The molecule has 0 aromatic heterocycles. The first-order valence-corrected chi connectivity index (χ1v) is 11.6. The molecule has 1 aromatic carbocycles. The second-order valence-electron chi connectivity index (χ2n) is 7.68. The molecule has 0 fully saturated rings. The summed E-state index contributed by atoms with van der Waals surface area (Å²) in [6.07, 6.45) is 3.63. The van der Waals surface area contributed by atoms with Crippen molar-refractivity contribution >= 4 is 14.2 Å². The van der Waals surface area contributed by atoms with Gasteiger partial charge >= 0.3 is 0 Å². The maximum Gasteiger partial charge on any atom is 0.220 e. The SMILES string of the molecule is CC(C)(C)[Si](C)(C)OCCCCCC(=O)NCc1ccccc1. The average molecular weight is 336 g/mol. The van der Waals surface area contributed by atoms with Crippen molar-refractivity contribution in [3.63, 3.8) is 0 Å². The fraction of sp³-hybridized carbons (Fsp3) is 0.632. The molecule has 0 saturated heterocycles. The van der Waals surface area contributed by atoms with Crippen molar-refractivity contribution in [3.8, 4) is 0 Å². The van der Waals surface area contributed by atoms with Crippen LogP contribution in [-0.2, 0) is 15.8 Å². The summed E-state index contributed by atoms with van der Waals surface area (Å²) in [6.45, 7) is 12.8. The quantitative estimate of drug-likeness (QED) is 0.515. The summed E-state index contributed by atoms with van der Waals surface area (Å²) in [5, 5.41) is 3.24. The van der Waals surface area contributed by atoms with E-state index in [4.69, 9.17) is 4.43 Å². The van der Waals surface area contributed by atoms with Gasteiger partial charge < -0.3 is 9.74 Å². The van der Waals surface area contributed by atoms with E-state index in [2.05, 4.69) is 39.2 Å². The predicted molar refractivity (Wildman–Crippen MR) is 99.9 cm³/mol. The van der Waals surface area contributed by atoms with Crippen molar-refractivity contribution in [2.24, 2.45) is 0 Å². The minimum atomic E-state index is -1.62. The molecular formula is C19H33NO2Si. The van der Waals surface area contributed by atoms with Crippen LogP contribution >= 0.6 is 0 Å². The summed E-state index contributed by atoms with van der Waals surface area (Å²) >= 11 is 0. The number of nitrogens with one attached hydrogen (secondary N) is 1. The molecular weight excluding hydrogens is 302 g/mol. The van der Waals surface area contributed by atoms with Crippen molar-refractivity contribution in [1.29, 1.82) is 0 Å². The van der Waals surface area contributed by atoms with Gasteiger partial charge in [-0.05, 0) is 36.5 Å². The van der Waals surface area contributed by atoms with Gasteiger partial charge in [-0.15, -0.1) is 0 Å². The normalized spacial score (nSPS) is 12.2. The van der Waals surface area contributed by atoms with Crippen molar-refractivity contribution in [1.82, 2.24) is 5.32 Å². The van der Waals surface area contributed by atoms with Crippen LogP contribution in [0.1, 0.15) is 52.0 Å². The summed E-state index contributed by atoms with van der Waals surface area (Å²) in [5.74, 6) is 0.138. The lowest BCUT2D eigenvalue weighted by Crippen LogP contribution is -2.40. The van der Waals surface area contributed by atoms with Gasteiger partial charge in [0.05, 0.1) is 0 Å². The molecule has 0 aliphatic heterocycles. The standard InChI is InChI=1S/C19H33NO2Si/c1-19(2,3)23(4,5)22-15-11-7-10-14-18(21)20-16-17-12-8-6-9-13-17/h6,8-9,12-13H,7,10-11,14-16H2,1-5H3,(H,20,21). The molecule has 0 spiro atoms. The summed E-state index contributed by atoms with van der Waals surface area (Å²) in [4.78, 5) is 11.8. The van der Waals surface area contributed by atoms with Crippen molar-refractivity contribution < 1.29 is 9.22 Å². The summed E-state index contributed by atoms with van der Waals surface area (Å²) in [6, 6.07) is 10.0. The Kier molecular flexibility index (Phi) is 7.99. The van der Waals surface area contributed by atoms with E-state index in [0.717, 1.165) is 31.4 Å². The third kappa shape index (κ3) is 7.80. The zero-order chi connectivity index (χ0) is 17.3. The van der Waals surface area contributed by atoms with E-state index in [1.54, 1.807) is 0 Å². The number of hydrogen-bond acceptors (Lipinski definition) is 2. The Morgan fingerprint density at radius 1 is 1.09 bits per heavy atom. The van der Waals surface area contributed by atoms with Gasteiger partial charge in [-0.2, -0.15) is 0 Å². The van der Waals surface area contributed by atoms with Gasteiger partial charge in [-0.1, -0.05) is 57.5 Å². The van der Waals surface area contributed by atoms with E-state index < -0.39 is 8.32 Å².